The van der Waals surface area contributed by atoms with Crippen LogP contribution in [0.3, 0.4) is 0 Å². The molecule has 2 aromatic rings. The Hall–Kier alpha value is -1.81. The number of H-pyrrole nitrogens is 1. The topological polar surface area (TPSA) is 65.1 Å². The molecule has 0 bridgehead atoms. The Balaban J connectivity index is 2.11. The molecule has 21 heavy (non-hydrogen) atoms. The number of nitrogens with one attached hydrogen (secondary N) is 2. The first kappa shape index (κ1) is 15.6. The average molecular weight is 288 g/mol. The van der Waals surface area contributed by atoms with Crippen LogP contribution in [-0.2, 0) is 0 Å². The summed E-state index contributed by atoms with van der Waals surface area (Å²) in [6.07, 6.45) is 0.186. The van der Waals surface area contributed by atoms with Crippen molar-refractivity contribution in [1.82, 2.24) is 10.3 Å². The fourth-order valence-corrected chi connectivity index (χ4v) is 2.59. The van der Waals surface area contributed by atoms with Gasteiger partial charge in [0.25, 0.3) is 5.91 Å². The maximum absolute atomic E-state index is 12.3. The van der Waals surface area contributed by atoms with E-state index in [1.165, 1.54) is 5.56 Å². The normalized spacial score (nSPS) is 12.9. The summed E-state index contributed by atoms with van der Waals surface area (Å²) in [4.78, 5) is 15.4. The van der Waals surface area contributed by atoms with Crippen LogP contribution in [0.1, 0.15) is 41.9 Å². The monoisotopic (exact) mass is 288 g/mol. The lowest BCUT2D eigenvalue weighted by molar-refractivity contribution is 0.0895. The third-order valence-electron chi connectivity index (χ3n) is 3.68. The second-order valence-corrected chi connectivity index (χ2v) is 6.17. The van der Waals surface area contributed by atoms with Gasteiger partial charge in [0.1, 0.15) is 5.69 Å². The van der Waals surface area contributed by atoms with E-state index in [-0.39, 0.29) is 12.5 Å². The van der Waals surface area contributed by atoms with Crippen LogP contribution in [0.4, 0.5) is 0 Å². The van der Waals surface area contributed by atoms with Gasteiger partial charge in [-0.2, -0.15) is 0 Å². The number of aryl methyl sites for hydroxylation is 2. The summed E-state index contributed by atoms with van der Waals surface area (Å²) < 4.78 is 0. The molecule has 1 amide bonds. The number of benzene rings is 1. The summed E-state index contributed by atoms with van der Waals surface area (Å²) in [6.45, 7) is 8.36. The second-order valence-electron chi connectivity index (χ2n) is 6.17. The van der Waals surface area contributed by atoms with Crippen LogP contribution in [-0.4, -0.2) is 28.6 Å². The number of hydrogen-bond acceptors (Lipinski definition) is 2. The Morgan fingerprint density at radius 2 is 2.05 bits per heavy atom. The predicted molar refractivity (Wildman–Crippen MR) is 85.6 cm³/mol. The largest absolute Gasteiger partial charge is 0.391 e. The summed E-state index contributed by atoms with van der Waals surface area (Å²) in [7, 11) is 0. The minimum absolute atomic E-state index is 0.163. The molecule has 114 valence electrons. The van der Waals surface area contributed by atoms with E-state index in [1.54, 1.807) is 0 Å². The van der Waals surface area contributed by atoms with Crippen molar-refractivity contribution in [2.24, 2.45) is 5.92 Å². The zero-order valence-corrected chi connectivity index (χ0v) is 13.2. The Morgan fingerprint density at radius 3 is 2.71 bits per heavy atom. The number of fused-ring (bicyclic) bond motifs is 1. The van der Waals surface area contributed by atoms with Crippen molar-refractivity contribution in [3.63, 3.8) is 0 Å². The summed E-state index contributed by atoms with van der Waals surface area (Å²) in [6, 6.07) is 6.08. The van der Waals surface area contributed by atoms with Gasteiger partial charge in [0.15, 0.2) is 0 Å². The Kier molecular flexibility index (Phi) is 4.68. The van der Waals surface area contributed by atoms with Crippen LogP contribution in [0, 0.1) is 19.8 Å². The predicted octanol–water partition coefficient (Wildman–Crippen LogP) is 2.92. The Labute approximate surface area is 125 Å². The van der Waals surface area contributed by atoms with Crippen LogP contribution < -0.4 is 5.32 Å². The van der Waals surface area contributed by atoms with Gasteiger partial charge in [-0.3, -0.25) is 4.79 Å². The smallest absolute Gasteiger partial charge is 0.268 e. The molecule has 1 heterocycles. The highest BCUT2D eigenvalue weighted by atomic mass is 16.3. The lowest BCUT2D eigenvalue weighted by atomic mass is 10.1. The van der Waals surface area contributed by atoms with Crippen molar-refractivity contribution in [2.45, 2.75) is 40.2 Å². The third-order valence-corrected chi connectivity index (χ3v) is 3.68. The molecule has 1 aromatic heterocycles. The van der Waals surface area contributed by atoms with Gasteiger partial charge < -0.3 is 15.4 Å². The molecule has 4 nitrogen and oxygen atoms in total. The second kappa shape index (κ2) is 6.31. The molecule has 4 heteroatoms. The molecule has 0 radical (unpaired) electrons. The van der Waals surface area contributed by atoms with E-state index in [1.807, 2.05) is 26.0 Å². The minimum atomic E-state index is -0.499. The minimum Gasteiger partial charge on any atom is -0.391 e. The van der Waals surface area contributed by atoms with Crippen LogP contribution in [0.15, 0.2) is 18.2 Å². The molecule has 1 aromatic carbocycles. The molecule has 1 unspecified atom stereocenters. The first-order chi connectivity index (χ1) is 9.88. The highest BCUT2D eigenvalue weighted by molar-refractivity contribution is 6.01. The molecule has 0 aliphatic carbocycles. The van der Waals surface area contributed by atoms with Crippen molar-refractivity contribution < 1.29 is 9.90 Å². The van der Waals surface area contributed by atoms with Crippen molar-refractivity contribution in [3.05, 3.63) is 35.0 Å². The van der Waals surface area contributed by atoms with Crippen molar-refractivity contribution in [2.75, 3.05) is 6.54 Å². The number of aliphatic hydroxyl groups excluding tert-OH is 1. The van der Waals surface area contributed by atoms with Gasteiger partial charge in [-0.05, 0) is 43.9 Å². The number of hydrogen-bond donors (Lipinski definition) is 3. The van der Waals surface area contributed by atoms with E-state index in [9.17, 15) is 9.90 Å². The number of carbonyl (C=O) groups excluding carboxylic acids is 1. The Bertz CT molecular complexity index is 644. The van der Waals surface area contributed by atoms with Gasteiger partial charge in [-0.15, -0.1) is 0 Å². The fraction of sp³-hybridized carbons (Fsp3) is 0.471. The summed E-state index contributed by atoms with van der Waals surface area (Å²) in [5.74, 6) is 0.249. The van der Waals surface area contributed by atoms with Crippen molar-refractivity contribution >= 4 is 16.8 Å². The van der Waals surface area contributed by atoms with Crippen molar-refractivity contribution in [3.8, 4) is 0 Å². The van der Waals surface area contributed by atoms with Crippen LogP contribution >= 0.6 is 0 Å². The maximum atomic E-state index is 12.3. The number of amides is 1. The van der Waals surface area contributed by atoms with E-state index >= 15 is 0 Å². The highest BCUT2D eigenvalue weighted by Gasteiger charge is 2.16. The molecule has 0 aliphatic rings. The van der Waals surface area contributed by atoms with Crippen LogP contribution in [0.2, 0.25) is 0 Å². The lowest BCUT2D eigenvalue weighted by Gasteiger charge is -2.13. The molecular formula is C17H24N2O2. The molecule has 0 fully saturated rings. The Morgan fingerprint density at radius 1 is 1.33 bits per heavy atom. The van der Waals surface area contributed by atoms with Gasteiger partial charge in [-0.1, -0.05) is 25.5 Å². The molecule has 2 rings (SSSR count). The number of aromatic amines is 1. The molecule has 0 saturated heterocycles. The van der Waals surface area contributed by atoms with E-state index in [0.717, 1.165) is 16.5 Å². The number of aromatic nitrogens is 1. The fourth-order valence-electron chi connectivity index (χ4n) is 2.59. The number of rotatable bonds is 5. The number of carbonyl (C=O) groups is 1. The van der Waals surface area contributed by atoms with Gasteiger partial charge in [0, 0.05) is 17.4 Å². The molecule has 0 saturated carbocycles. The summed E-state index contributed by atoms with van der Waals surface area (Å²) >= 11 is 0. The summed E-state index contributed by atoms with van der Waals surface area (Å²) in [5, 5.41) is 13.7. The zero-order valence-electron chi connectivity index (χ0n) is 13.2. The van der Waals surface area contributed by atoms with Crippen molar-refractivity contribution in [1.29, 1.82) is 0 Å². The standard InChI is InChI=1S/C17H24N2O2/c1-10(2)7-13(20)9-18-17(21)16-12(4)14-8-11(3)5-6-15(14)19-16/h5-6,8,10,13,19-20H,7,9H2,1-4H3,(H,18,21). The molecule has 3 N–H and O–H groups in total. The van der Waals surface area contributed by atoms with E-state index in [4.69, 9.17) is 0 Å². The molecular weight excluding hydrogens is 264 g/mol. The third kappa shape index (κ3) is 3.64. The molecule has 1 atom stereocenters. The van der Waals surface area contributed by atoms with E-state index < -0.39 is 6.10 Å². The zero-order chi connectivity index (χ0) is 15.6. The van der Waals surface area contributed by atoms with Gasteiger partial charge in [0.2, 0.25) is 0 Å². The van der Waals surface area contributed by atoms with Gasteiger partial charge in [0.05, 0.1) is 6.10 Å². The first-order valence-electron chi connectivity index (χ1n) is 7.43. The van der Waals surface area contributed by atoms with E-state index in [0.29, 0.717) is 18.0 Å². The molecule has 0 aliphatic heterocycles. The lowest BCUT2D eigenvalue weighted by Crippen LogP contribution is -2.33. The van der Waals surface area contributed by atoms with Gasteiger partial charge >= 0.3 is 0 Å². The van der Waals surface area contributed by atoms with E-state index in [2.05, 4.69) is 30.2 Å². The average Bonchev–Trinajstić information content (AvgIpc) is 2.73. The van der Waals surface area contributed by atoms with Crippen LogP contribution in [0.5, 0.6) is 0 Å². The molecule has 0 spiro atoms. The summed E-state index contributed by atoms with van der Waals surface area (Å²) in [5.41, 5.74) is 3.66. The van der Waals surface area contributed by atoms with Gasteiger partial charge in [-0.25, -0.2) is 0 Å². The highest BCUT2D eigenvalue weighted by Crippen LogP contribution is 2.22. The van der Waals surface area contributed by atoms with Crippen LogP contribution in [0.25, 0.3) is 10.9 Å². The number of aliphatic hydroxyl groups is 1. The quantitative estimate of drug-likeness (QED) is 0.792. The first-order valence-corrected chi connectivity index (χ1v) is 7.43. The SMILES string of the molecule is Cc1ccc2[nH]c(C(=O)NCC(O)CC(C)C)c(C)c2c1. The maximum Gasteiger partial charge on any atom is 0.268 e.